The lowest BCUT2D eigenvalue weighted by Crippen LogP contribution is -2.44. The first-order valence-electron chi connectivity index (χ1n) is 7.90. The van der Waals surface area contributed by atoms with E-state index >= 15 is 0 Å². The number of urea groups is 1. The summed E-state index contributed by atoms with van der Waals surface area (Å²) >= 11 is 5.96. The predicted molar refractivity (Wildman–Crippen MR) is 103 cm³/mol. The van der Waals surface area contributed by atoms with Gasteiger partial charge in [0.2, 0.25) is 0 Å². The monoisotopic (exact) mass is 368 g/mol. The fourth-order valence-electron chi connectivity index (χ4n) is 3.03. The standard InChI is InChI=1S/C19H17ClN4O2/c1-11-9-12(6-8-16(11)22-4)23-17(25)19(2,3)24(18(23)26)13-5-7-14(20)15(21)10-13/h5-10H,21H2,1-3H3. The third kappa shape index (κ3) is 2.57. The average Bonchev–Trinajstić information content (AvgIpc) is 2.75. The van der Waals surface area contributed by atoms with E-state index in [1.807, 2.05) is 0 Å². The van der Waals surface area contributed by atoms with Crippen LogP contribution < -0.4 is 15.5 Å². The van der Waals surface area contributed by atoms with Gasteiger partial charge in [0.1, 0.15) is 5.54 Å². The molecule has 2 aromatic rings. The zero-order chi connectivity index (χ0) is 19.2. The van der Waals surface area contributed by atoms with Crippen LogP contribution in [0.25, 0.3) is 4.85 Å². The molecule has 1 aliphatic heterocycles. The SMILES string of the molecule is [C-]#[N+]c1ccc(N2C(=O)N(c3ccc(Cl)c(N)c3)C(C)(C)C2=O)cc1C. The van der Waals surface area contributed by atoms with E-state index in [1.54, 1.807) is 57.2 Å². The Morgan fingerprint density at radius 1 is 1.12 bits per heavy atom. The van der Waals surface area contributed by atoms with Crippen molar-refractivity contribution in [3.8, 4) is 0 Å². The van der Waals surface area contributed by atoms with Crippen LogP contribution in [0.4, 0.5) is 27.5 Å². The minimum Gasteiger partial charge on any atom is -0.397 e. The van der Waals surface area contributed by atoms with Gasteiger partial charge in [0.25, 0.3) is 5.91 Å². The molecular formula is C19H17ClN4O2. The van der Waals surface area contributed by atoms with E-state index in [0.717, 1.165) is 4.90 Å². The van der Waals surface area contributed by atoms with E-state index in [4.69, 9.17) is 23.9 Å². The minimum absolute atomic E-state index is 0.330. The smallest absolute Gasteiger partial charge is 0.336 e. The van der Waals surface area contributed by atoms with E-state index < -0.39 is 11.6 Å². The second-order valence-electron chi connectivity index (χ2n) is 6.61. The molecule has 26 heavy (non-hydrogen) atoms. The summed E-state index contributed by atoms with van der Waals surface area (Å²) in [5, 5.41) is 0.381. The molecule has 0 bridgehead atoms. The van der Waals surface area contributed by atoms with Gasteiger partial charge in [-0.3, -0.25) is 9.69 Å². The third-order valence-electron chi connectivity index (χ3n) is 4.46. The van der Waals surface area contributed by atoms with Gasteiger partial charge in [-0.05, 0) is 56.7 Å². The van der Waals surface area contributed by atoms with Crippen LogP contribution in [-0.4, -0.2) is 17.5 Å². The molecule has 0 saturated carbocycles. The highest BCUT2D eigenvalue weighted by Crippen LogP contribution is 2.38. The maximum Gasteiger partial charge on any atom is 0.336 e. The molecule has 1 saturated heterocycles. The van der Waals surface area contributed by atoms with E-state index in [2.05, 4.69) is 4.85 Å². The normalized spacial score (nSPS) is 16.1. The van der Waals surface area contributed by atoms with Crippen molar-refractivity contribution in [2.45, 2.75) is 26.3 Å². The molecule has 0 radical (unpaired) electrons. The van der Waals surface area contributed by atoms with Crippen molar-refractivity contribution in [3.63, 3.8) is 0 Å². The lowest BCUT2D eigenvalue weighted by molar-refractivity contribution is -0.120. The molecule has 1 aliphatic rings. The summed E-state index contributed by atoms with van der Waals surface area (Å²) in [4.78, 5) is 32.0. The Labute approximate surface area is 156 Å². The van der Waals surface area contributed by atoms with Gasteiger partial charge < -0.3 is 5.73 Å². The molecule has 0 unspecified atom stereocenters. The second-order valence-corrected chi connectivity index (χ2v) is 7.01. The first kappa shape index (κ1) is 17.8. The van der Waals surface area contributed by atoms with Crippen LogP contribution in [0.15, 0.2) is 36.4 Å². The van der Waals surface area contributed by atoms with Gasteiger partial charge >= 0.3 is 6.03 Å². The average molecular weight is 369 g/mol. The third-order valence-corrected chi connectivity index (χ3v) is 4.81. The molecule has 0 atom stereocenters. The van der Waals surface area contributed by atoms with Crippen LogP contribution in [0.5, 0.6) is 0 Å². The number of rotatable bonds is 2. The molecule has 0 aromatic heterocycles. The summed E-state index contributed by atoms with van der Waals surface area (Å²) in [6, 6.07) is 9.22. The molecule has 0 spiro atoms. The summed E-state index contributed by atoms with van der Waals surface area (Å²) < 4.78 is 0. The molecule has 2 N–H and O–H groups in total. The van der Waals surface area contributed by atoms with Crippen molar-refractivity contribution in [1.82, 2.24) is 0 Å². The number of hydrogen-bond acceptors (Lipinski definition) is 3. The number of hydrogen-bond donors (Lipinski definition) is 1. The van der Waals surface area contributed by atoms with Crippen molar-refractivity contribution < 1.29 is 9.59 Å². The van der Waals surface area contributed by atoms with Crippen molar-refractivity contribution in [2.24, 2.45) is 0 Å². The van der Waals surface area contributed by atoms with Gasteiger partial charge in [-0.2, -0.15) is 0 Å². The molecule has 7 heteroatoms. The number of imide groups is 1. The van der Waals surface area contributed by atoms with Crippen LogP contribution in [0, 0.1) is 13.5 Å². The predicted octanol–water partition coefficient (Wildman–Crippen LogP) is 4.53. The number of nitrogen functional groups attached to an aromatic ring is 1. The van der Waals surface area contributed by atoms with Crippen molar-refractivity contribution >= 4 is 46.3 Å². The first-order chi connectivity index (χ1) is 12.2. The number of nitrogens with two attached hydrogens (primary N) is 1. The quantitative estimate of drug-likeness (QED) is 0.480. The Morgan fingerprint density at radius 3 is 2.35 bits per heavy atom. The van der Waals surface area contributed by atoms with Crippen LogP contribution in [0.1, 0.15) is 19.4 Å². The number of halogens is 1. The Hall–Kier alpha value is -3.04. The van der Waals surface area contributed by atoms with Crippen LogP contribution in [-0.2, 0) is 4.79 Å². The van der Waals surface area contributed by atoms with Crippen LogP contribution in [0.3, 0.4) is 0 Å². The highest BCUT2D eigenvalue weighted by molar-refractivity contribution is 6.33. The number of anilines is 3. The summed E-state index contributed by atoms with van der Waals surface area (Å²) in [7, 11) is 0. The first-order valence-corrected chi connectivity index (χ1v) is 8.28. The van der Waals surface area contributed by atoms with Crippen molar-refractivity contribution in [3.05, 3.63) is 58.4 Å². The molecule has 1 heterocycles. The molecule has 1 fully saturated rings. The molecular weight excluding hydrogens is 352 g/mol. The van der Waals surface area contributed by atoms with Gasteiger partial charge in [-0.1, -0.05) is 17.7 Å². The number of carbonyl (C=O) groups excluding carboxylic acids is 2. The Balaban J connectivity index is 2.09. The summed E-state index contributed by atoms with van der Waals surface area (Å²) in [5.41, 5.74) is 7.20. The Kier molecular flexibility index (Phi) is 4.13. The van der Waals surface area contributed by atoms with Crippen LogP contribution >= 0.6 is 11.6 Å². The molecule has 2 aromatic carbocycles. The number of benzene rings is 2. The van der Waals surface area contributed by atoms with E-state index in [1.165, 1.54) is 4.90 Å². The largest absolute Gasteiger partial charge is 0.397 e. The maximum absolute atomic E-state index is 13.1. The zero-order valence-corrected chi connectivity index (χ0v) is 15.3. The van der Waals surface area contributed by atoms with Gasteiger partial charge in [0.05, 0.1) is 23.0 Å². The summed E-state index contributed by atoms with van der Waals surface area (Å²) in [5.74, 6) is -0.356. The number of carbonyl (C=O) groups is 2. The Morgan fingerprint density at radius 2 is 1.77 bits per heavy atom. The minimum atomic E-state index is -1.09. The number of amides is 3. The molecule has 0 aliphatic carbocycles. The fraction of sp³-hybridized carbons (Fsp3) is 0.211. The second kappa shape index (κ2) is 6.04. The van der Waals surface area contributed by atoms with Gasteiger partial charge in [0, 0.05) is 5.69 Å². The van der Waals surface area contributed by atoms with Crippen molar-refractivity contribution in [2.75, 3.05) is 15.5 Å². The molecule has 6 nitrogen and oxygen atoms in total. The summed E-state index contributed by atoms with van der Waals surface area (Å²) in [6.45, 7) is 12.3. The molecule has 132 valence electrons. The van der Waals surface area contributed by atoms with Crippen molar-refractivity contribution in [1.29, 1.82) is 0 Å². The lowest BCUT2D eigenvalue weighted by Gasteiger charge is -2.28. The summed E-state index contributed by atoms with van der Waals surface area (Å²) in [6.07, 6.45) is 0. The van der Waals surface area contributed by atoms with E-state index in [-0.39, 0.29) is 5.91 Å². The molecule has 3 amide bonds. The highest BCUT2D eigenvalue weighted by Gasteiger charge is 2.52. The Bertz CT molecular complexity index is 978. The van der Waals surface area contributed by atoms with Gasteiger partial charge in [-0.25, -0.2) is 14.5 Å². The maximum atomic E-state index is 13.1. The van der Waals surface area contributed by atoms with Gasteiger partial charge in [-0.15, -0.1) is 0 Å². The topological polar surface area (TPSA) is 71.0 Å². The van der Waals surface area contributed by atoms with E-state index in [0.29, 0.717) is 33.3 Å². The van der Waals surface area contributed by atoms with Gasteiger partial charge in [0.15, 0.2) is 5.69 Å². The zero-order valence-electron chi connectivity index (χ0n) is 14.6. The fourth-order valence-corrected chi connectivity index (χ4v) is 3.15. The molecule has 3 rings (SSSR count). The van der Waals surface area contributed by atoms with E-state index in [9.17, 15) is 9.59 Å². The lowest BCUT2D eigenvalue weighted by atomic mass is 10.0. The number of nitrogens with zero attached hydrogens (tertiary/aromatic N) is 3. The van der Waals surface area contributed by atoms with Crippen LogP contribution in [0.2, 0.25) is 5.02 Å². The highest BCUT2D eigenvalue weighted by atomic mass is 35.5. The number of aryl methyl sites for hydroxylation is 1.